The second-order valence-electron chi connectivity index (χ2n) is 6.18. The number of benzene rings is 1. The number of ketones is 1. The molecule has 0 radical (unpaired) electrons. The number of hydrogen-bond donors (Lipinski definition) is 0. The predicted octanol–water partition coefficient (Wildman–Crippen LogP) is 2.55. The van der Waals surface area contributed by atoms with Crippen molar-refractivity contribution in [3.8, 4) is 0 Å². The molecule has 24 heavy (non-hydrogen) atoms. The SMILES string of the molecule is COCCOCC1CCN(C(=O)CCC(=O)c2ccccc2)CC1. The normalized spacial score (nSPS) is 15.5. The van der Waals surface area contributed by atoms with E-state index in [0.717, 1.165) is 32.5 Å². The van der Waals surface area contributed by atoms with Crippen molar-refractivity contribution < 1.29 is 19.1 Å². The van der Waals surface area contributed by atoms with Crippen molar-refractivity contribution in [1.82, 2.24) is 4.90 Å². The second-order valence-corrected chi connectivity index (χ2v) is 6.18. The Balaban J connectivity index is 1.65. The van der Waals surface area contributed by atoms with E-state index in [0.29, 0.717) is 31.1 Å². The molecule has 1 heterocycles. The van der Waals surface area contributed by atoms with Crippen LogP contribution in [0.25, 0.3) is 0 Å². The van der Waals surface area contributed by atoms with Crippen LogP contribution in [0.1, 0.15) is 36.0 Å². The van der Waals surface area contributed by atoms with Gasteiger partial charge in [-0.05, 0) is 18.8 Å². The van der Waals surface area contributed by atoms with E-state index in [4.69, 9.17) is 9.47 Å². The second kappa shape index (κ2) is 10.2. The topological polar surface area (TPSA) is 55.8 Å². The molecule has 2 rings (SSSR count). The Morgan fingerprint density at radius 1 is 1.08 bits per heavy atom. The highest BCUT2D eigenvalue weighted by atomic mass is 16.5. The summed E-state index contributed by atoms with van der Waals surface area (Å²) in [4.78, 5) is 26.2. The van der Waals surface area contributed by atoms with E-state index in [2.05, 4.69) is 0 Å². The average Bonchev–Trinajstić information content (AvgIpc) is 2.64. The fourth-order valence-electron chi connectivity index (χ4n) is 2.89. The molecule has 0 N–H and O–H groups in total. The monoisotopic (exact) mass is 333 g/mol. The molecule has 1 aromatic carbocycles. The lowest BCUT2D eigenvalue weighted by Gasteiger charge is -2.32. The first-order valence-electron chi connectivity index (χ1n) is 8.63. The van der Waals surface area contributed by atoms with Crippen LogP contribution in [0, 0.1) is 5.92 Å². The van der Waals surface area contributed by atoms with Gasteiger partial charge in [0.1, 0.15) is 0 Å². The number of Topliss-reactive ketones (excluding diaryl/α,β-unsaturated/α-hetero) is 1. The molecule has 5 nitrogen and oxygen atoms in total. The minimum atomic E-state index is 0.0328. The number of nitrogens with zero attached hydrogens (tertiary/aromatic N) is 1. The lowest BCUT2D eigenvalue weighted by atomic mass is 9.97. The summed E-state index contributed by atoms with van der Waals surface area (Å²) in [7, 11) is 1.66. The number of carbonyl (C=O) groups is 2. The van der Waals surface area contributed by atoms with Gasteiger partial charge in [0.05, 0.1) is 13.2 Å². The maximum Gasteiger partial charge on any atom is 0.223 e. The standard InChI is InChI=1S/C19H27NO4/c1-23-13-14-24-15-16-9-11-20(12-10-16)19(22)8-7-18(21)17-5-3-2-4-6-17/h2-6,16H,7-15H2,1H3. The number of hydrogen-bond acceptors (Lipinski definition) is 4. The molecule has 0 unspecified atom stereocenters. The molecule has 0 atom stereocenters. The minimum Gasteiger partial charge on any atom is -0.382 e. The van der Waals surface area contributed by atoms with Gasteiger partial charge in [0.2, 0.25) is 5.91 Å². The Morgan fingerprint density at radius 3 is 2.46 bits per heavy atom. The molecular weight excluding hydrogens is 306 g/mol. The molecule has 0 spiro atoms. The van der Waals surface area contributed by atoms with Gasteiger partial charge >= 0.3 is 0 Å². The van der Waals surface area contributed by atoms with Gasteiger partial charge in [-0.15, -0.1) is 0 Å². The third kappa shape index (κ3) is 6.06. The van der Waals surface area contributed by atoms with Crippen LogP contribution in [0.4, 0.5) is 0 Å². The van der Waals surface area contributed by atoms with Crippen molar-refractivity contribution in [1.29, 1.82) is 0 Å². The predicted molar refractivity (Wildman–Crippen MR) is 92.0 cm³/mol. The van der Waals surface area contributed by atoms with Crippen molar-refractivity contribution in [2.24, 2.45) is 5.92 Å². The zero-order chi connectivity index (χ0) is 17.2. The highest BCUT2D eigenvalue weighted by molar-refractivity contribution is 5.97. The zero-order valence-electron chi connectivity index (χ0n) is 14.4. The van der Waals surface area contributed by atoms with Gasteiger partial charge < -0.3 is 14.4 Å². The number of carbonyl (C=O) groups excluding carboxylic acids is 2. The quantitative estimate of drug-likeness (QED) is 0.515. The van der Waals surface area contributed by atoms with Crippen LogP contribution in [-0.4, -0.2) is 56.6 Å². The Labute approximate surface area is 143 Å². The zero-order valence-corrected chi connectivity index (χ0v) is 14.4. The lowest BCUT2D eigenvalue weighted by Crippen LogP contribution is -2.39. The Kier molecular flexibility index (Phi) is 7.92. The van der Waals surface area contributed by atoms with E-state index in [1.165, 1.54) is 0 Å². The van der Waals surface area contributed by atoms with E-state index in [1.807, 2.05) is 23.1 Å². The molecular formula is C19H27NO4. The van der Waals surface area contributed by atoms with Crippen molar-refractivity contribution >= 4 is 11.7 Å². The first kappa shape index (κ1) is 18.6. The Hall–Kier alpha value is -1.72. The van der Waals surface area contributed by atoms with Crippen LogP contribution in [0.3, 0.4) is 0 Å². The van der Waals surface area contributed by atoms with Crippen LogP contribution in [0.5, 0.6) is 0 Å². The summed E-state index contributed by atoms with van der Waals surface area (Å²) in [6, 6.07) is 9.15. The number of ether oxygens (including phenoxy) is 2. The maximum atomic E-state index is 12.3. The highest BCUT2D eigenvalue weighted by Gasteiger charge is 2.23. The lowest BCUT2D eigenvalue weighted by molar-refractivity contribution is -0.132. The van der Waals surface area contributed by atoms with Crippen LogP contribution >= 0.6 is 0 Å². The number of piperidine rings is 1. The summed E-state index contributed by atoms with van der Waals surface area (Å²) in [5, 5.41) is 0. The summed E-state index contributed by atoms with van der Waals surface area (Å²) in [5.74, 6) is 0.625. The van der Waals surface area contributed by atoms with Gasteiger partial charge in [0.15, 0.2) is 5.78 Å². The van der Waals surface area contributed by atoms with Crippen LogP contribution < -0.4 is 0 Å². The van der Waals surface area contributed by atoms with Gasteiger partial charge in [-0.25, -0.2) is 0 Å². The van der Waals surface area contributed by atoms with E-state index >= 15 is 0 Å². The number of rotatable bonds is 9. The van der Waals surface area contributed by atoms with Crippen molar-refractivity contribution in [3.63, 3.8) is 0 Å². The molecule has 1 fully saturated rings. The van der Waals surface area contributed by atoms with E-state index in [9.17, 15) is 9.59 Å². The van der Waals surface area contributed by atoms with Gasteiger partial charge in [-0.2, -0.15) is 0 Å². The minimum absolute atomic E-state index is 0.0328. The summed E-state index contributed by atoms with van der Waals surface area (Å²) < 4.78 is 10.5. The van der Waals surface area contributed by atoms with Crippen LogP contribution in [0.15, 0.2) is 30.3 Å². The fraction of sp³-hybridized carbons (Fsp3) is 0.579. The molecule has 5 heteroatoms. The molecule has 1 saturated heterocycles. The van der Waals surface area contributed by atoms with E-state index in [1.54, 1.807) is 19.2 Å². The average molecular weight is 333 g/mol. The largest absolute Gasteiger partial charge is 0.382 e. The molecule has 1 aliphatic heterocycles. The van der Waals surface area contributed by atoms with Crippen molar-refractivity contribution in [3.05, 3.63) is 35.9 Å². The summed E-state index contributed by atoms with van der Waals surface area (Å²) in [5.41, 5.74) is 0.678. The first-order valence-corrected chi connectivity index (χ1v) is 8.63. The number of amides is 1. The Morgan fingerprint density at radius 2 is 1.79 bits per heavy atom. The molecule has 0 aromatic heterocycles. The van der Waals surface area contributed by atoms with Crippen LogP contribution in [-0.2, 0) is 14.3 Å². The van der Waals surface area contributed by atoms with E-state index in [-0.39, 0.29) is 18.1 Å². The number of likely N-dealkylation sites (tertiary alicyclic amines) is 1. The summed E-state index contributed by atoms with van der Waals surface area (Å²) in [6.07, 6.45) is 2.50. The summed E-state index contributed by atoms with van der Waals surface area (Å²) in [6.45, 7) is 3.50. The van der Waals surface area contributed by atoms with Gasteiger partial charge in [-0.3, -0.25) is 9.59 Å². The molecule has 1 aliphatic rings. The van der Waals surface area contributed by atoms with E-state index < -0.39 is 0 Å². The van der Waals surface area contributed by atoms with Crippen LogP contribution in [0.2, 0.25) is 0 Å². The highest BCUT2D eigenvalue weighted by Crippen LogP contribution is 2.18. The van der Waals surface area contributed by atoms with Gasteiger partial charge in [0.25, 0.3) is 0 Å². The molecule has 1 amide bonds. The summed E-state index contributed by atoms with van der Waals surface area (Å²) >= 11 is 0. The molecule has 0 saturated carbocycles. The first-order chi connectivity index (χ1) is 11.7. The van der Waals surface area contributed by atoms with Crippen molar-refractivity contribution in [2.45, 2.75) is 25.7 Å². The fourth-order valence-corrected chi connectivity index (χ4v) is 2.89. The Bertz CT molecular complexity index is 509. The molecule has 0 aliphatic carbocycles. The smallest absolute Gasteiger partial charge is 0.223 e. The molecule has 0 bridgehead atoms. The van der Waals surface area contributed by atoms with Gasteiger partial charge in [0, 0.05) is 45.2 Å². The number of methoxy groups -OCH3 is 1. The molecule has 132 valence electrons. The van der Waals surface area contributed by atoms with Crippen molar-refractivity contribution in [2.75, 3.05) is 40.0 Å². The third-order valence-electron chi connectivity index (χ3n) is 4.41. The molecule has 1 aromatic rings. The third-order valence-corrected chi connectivity index (χ3v) is 4.41. The van der Waals surface area contributed by atoms with Gasteiger partial charge in [-0.1, -0.05) is 30.3 Å². The maximum absolute atomic E-state index is 12.3.